The second-order valence-corrected chi connectivity index (χ2v) is 2.34. The molecule has 0 aromatic rings. The van der Waals surface area contributed by atoms with Crippen LogP contribution in [0, 0.1) is 11.3 Å². The Balaban J connectivity index is 3.71. The van der Waals surface area contributed by atoms with E-state index >= 15 is 0 Å². The molecule has 12 heavy (non-hydrogen) atoms. The SMILES string of the molecule is CC(C)OC(=O)NC(=O)CC#N. The van der Waals surface area contributed by atoms with E-state index in [9.17, 15) is 9.59 Å². The lowest BCUT2D eigenvalue weighted by Gasteiger charge is -2.06. The number of carbonyl (C=O) groups excluding carboxylic acids is 2. The second-order valence-electron chi connectivity index (χ2n) is 2.34. The van der Waals surface area contributed by atoms with Crippen LogP contribution in [0.1, 0.15) is 20.3 Å². The minimum atomic E-state index is -0.815. The van der Waals surface area contributed by atoms with E-state index in [1.807, 2.05) is 5.32 Å². The third-order valence-corrected chi connectivity index (χ3v) is 0.824. The maximum Gasteiger partial charge on any atom is 0.414 e. The van der Waals surface area contributed by atoms with Crippen LogP contribution in [0.15, 0.2) is 0 Å². The van der Waals surface area contributed by atoms with Crippen LogP contribution in [0.3, 0.4) is 0 Å². The Morgan fingerprint density at radius 3 is 2.58 bits per heavy atom. The highest BCUT2D eigenvalue weighted by molar-refractivity contribution is 5.92. The summed E-state index contributed by atoms with van der Waals surface area (Å²) in [6.07, 6.45) is -1.43. The van der Waals surface area contributed by atoms with E-state index in [-0.39, 0.29) is 12.5 Å². The number of carbonyl (C=O) groups is 2. The van der Waals surface area contributed by atoms with Crippen molar-refractivity contribution in [1.82, 2.24) is 5.32 Å². The molecule has 0 aliphatic heterocycles. The largest absolute Gasteiger partial charge is 0.447 e. The van der Waals surface area contributed by atoms with Gasteiger partial charge in [-0.25, -0.2) is 4.79 Å². The number of amides is 2. The quantitative estimate of drug-likeness (QED) is 0.656. The molecule has 0 unspecified atom stereocenters. The molecule has 5 heteroatoms. The molecule has 0 aliphatic carbocycles. The van der Waals surface area contributed by atoms with Crippen molar-refractivity contribution >= 4 is 12.0 Å². The molecule has 0 bridgehead atoms. The van der Waals surface area contributed by atoms with Crippen molar-refractivity contribution < 1.29 is 14.3 Å². The van der Waals surface area contributed by atoms with Crippen LogP contribution in [0.2, 0.25) is 0 Å². The van der Waals surface area contributed by atoms with Crippen molar-refractivity contribution in [2.75, 3.05) is 0 Å². The van der Waals surface area contributed by atoms with E-state index in [1.165, 1.54) is 0 Å². The van der Waals surface area contributed by atoms with Gasteiger partial charge in [-0.15, -0.1) is 0 Å². The molecule has 66 valence electrons. The van der Waals surface area contributed by atoms with E-state index in [4.69, 9.17) is 5.26 Å². The summed E-state index contributed by atoms with van der Waals surface area (Å²) in [5.41, 5.74) is 0. The Bertz CT molecular complexity index is 217. The van der Waals surface area contributed by atoms with Gasteiger partial charge >= 0.3 is 6.09 Å². The summed E-state index contributed by atoms with van der Waals surface area (Å²) < 4.78 is 4.59. The fourth-order valence-corrected chi connectivity index (χ4v) is 0.473. The lowest BCUT2D eigenvalue weighted by Crippen LogP contribution is -2.32. The minimum Gasteiger partial charge on any atom is -0.447 e. The molecule has 1 N–H and O–H groups in total. The standard InChI is InChI=1S/C7H10N2O3/c1-5(2)12-7(11)9-6(10)3-4-8/h5H,3H2,1-2H3,(H,9,10,11). The summed E-state index contributed by atoms with van der Waals surface area (Å²) in [7, 11) is 0. The number of hydrogen-bond donors (Lipinski definition) is 1. The molecule has 0 aliphatic rings. The number of alkyl carbamates (subject to hydrolysis) is 1. The Morgan fingerprint density at radius 2 is 2.17 bits per heavy atom. The van der Waals surface area contributed by atoms with Crippen LogP contribution in [0.5, 0.6) is 0 Å². The average molecular weight is 170 g/mol. The first kappa shape index (κ1) is 10.4. The van der Waals surface area contributed by atoms with E-state index in [0.717, 1.165) is 0 Å². The maximum atomic E-state index is 10.7. The lowest BCUT2D eigenvalue weighted by atomic mass is 10.4. The van der Waals surface area contributed by atoms with E-state index in [1.54, 1.807) is 19.9 Å². The third-order valence-electron chi connectivity index (χ3n) is 0.824. The van der Waals surface area contributed by atoms with Crippen molar-refractivity contribution in [1.29, 1.82) is 5.26 Å². The molecule has 0 radical (unpaired) electrons. The zero-order valence-electron chi connectivity index (χ0n) is 6.96. The van der Waals surface area contributed by atoms with E-state index < -0.39 is 12.0 Å². The summed E-state index contributed by atoms with van der Waals surface area (Å²) in [5, 5.41) is 9.96. The molecule has 0 heterocycles. The summed E-state index contributed by atoms with van der Waals surface area (Å²) >= 11 is 0. The topological polar surface area (TPSA) is 79.2 Å². The molecule has 0 spiro atoms. The number of imide groups is 1. The van der Waals surface area contributed by atoms with Crippen LogP contribution in [0.25, 0.3) is 0 Å². The molecule has 0 saturated heterocycles. The van der Waals surface area contributed by atoms with Gasteiger partial charge < -0.3 is 4.74 Å². The highest BCUT2D eigenvalue weighted by Crippen LogP contribution is 1.88. The van der Waals surface area contributed by atoms with Crippen molar-refractivity contribution in [3.05, 3.63) is 0 Å². The Morgan fingerprint density at radius 1 is 1.58 bits per heavy atom. The predicted molar refractivity (Wildman–Crippen MR) is 40.0 cm³/mol. The highest BCUT2D eigenvalue weighted by Gasteiger charge is 2.08. The minimum absolute atomic E-state index is 0.278. The molecule has 0 rings (SSSR count). The fraction of sp³-hybridized carbons (Fsp3) is 0.571. The van der Waals surface area contributed by atoms with Gasteiger partial charge in [0.1, 0.15) is 6.42 Å². The van der Waals surface area contributed by atoms with Gasteiger partial charge in [0.15, 0.2) is 0 Å². The second kappa shape index (κ2) is 5.13. The number of rotatable bonds is 2. The van der Waals surface area contributed by atoms with Crippen molar-refractivity contribution in [3.8, 4) is 6.07 Å². The van der Waals surface area contributed by atoms with Gasteiger partial charge in [-0.1, -0.05) is 0 Å². The van der Waals surface area contributed by atoms with Crippen LogP contribution >= 0.6 is 0 Å². The number of nitrogens with one attached hydrogen (secondary N) is 1. The van der Waals surface area contributed by atoms with Crippen LogP contribution < -0.4 is 5.32 Å². The Kier molecular flexibility index (Phi) is 4.46. The molecule has 0 atom stereocenters. The molecule has 5 nitrogen and oxygen atoms in total. The van der Waals surface area contributed by atoms with Gasteiger partial charge in [-0.3, -0.25) is 10.1 Å². The number of ether oxygens (including phenoxy) is 1. The number of nitriles is 1. The van der Waals surface area contributed by atoms with Crippen molar-refractivity contribution in [2.45, 2.75) is 26.4 Å². The zero-order valence-corrected chi connectivity index (χ0v) is 6.96. The molecular weight excluding hydrogens is 160 g/mol. The molecule has 0 fully saturated rings. The summed E-state index contributed by atoms with van der Waals surface area (Å²) in [6.45, 7) is 3.32. The van der Waals surface area contributed by atoms with Gasteiger partial charge in [-0.2, -0.15) is 5.26 Å². The Hall–Kier alpha value is -1.57. The zero-order chi connectivity index (χ0) is 9.56. The molecular formula is C7H10N2O3. The van der Waals surface area contributed by atoms with Crippen LogP contribution in [-0.2, 0) is 9.53 Å². The first-order valence-corrected chi connectivity index (χ1v) is 3.43. The third kappa shape index (κ3) is 5.23. The van der Waals surface area contributed by atoms with Gasteiger partial charge in [0.25, 0.3) is 0 Å². The highest BCUT2D eigenvalue weighted by atomic mass is 16.6. The molecule has 0 aromatic carbocycles. The fourth-order valence-electron chi connectivity index (χ4n) is 0.473. The number of hydrogen-bond acceptors (Lipinski definition) is 4. The summed E-state index contributed by atoms with van der Waals surface area (Å²) in [4.78, 5) is 21.3. The molecule has 2 amide bonds. The van der Waals surface area contributed by atoms with Crippen LogP contribution in [0.4, 0.5) is 4.79 Å². The molecule has 0 saturated carbocycles. The summed E-state index contributed by atoms with van der Waals surface area (Å²) in [6, 6.07) is 1.61. The smallest absolute Gasteiger partial charge is 0.414 e. The van der Waals surface area contributed by atoms with Crippen molar-refractivity contribution in [3.63, 3.8) is 0 Å². The normalized spacial score (nSPS) is 8.83. The first-order valence-electron chi connectivity index (χ1n) is 3.43. The van der Waals surface area contributed by atoms with E-state index in [2.05, 4.69) is 4.74 Å². The van der Waals surface area contributed by atoms with Gasteiger partial charge in [-0.05, 0) is 13.8 Å². The monoisotopic (exact) mass is 170 g/mol. The van der Waals surface area contributed by atoms with Crippen molar-refractivity contribution in [2.24, 2.45) is 0 Å². The van der Waals surface area contributed by atoms with Gasteiger partial charge in [0.05, 0.1) is 12.2 Å². The summed E-state index contributed by atoms with van der Waals surface area (Å²) in [5.74, 6) is -0.650. The van der Waals surface area contributed by atoms with Crippen LogP contribution in [-0.4, -0.2) is 18.1 Å². The maximum absolute atomic E-state index is 10.7. The Labute approximate surface area is 70.3 Å². The molecule has 0 aromatic heterocycles. The predicted octanol–water partition coefficient (Wildman–Crippen LogP) is 0.561. The average Bonchev–Trinajstić information content (AvgIpc) is 1.84. The number of nitrogens with zero attached hydrogens (tertiary/aromatic N) is 1. The van der Waals surface area contributed by atoms with E-state index in [0.29, 0.717) is 0 Å². The van der Waals surface area contributed by atoms with Gasteiger partial charge in [0.2, 0.25) is 5.91 Å². The lowest BCUT2D eigenvalue weighted by molar-refractivity contribution is -0.119. The van der Waals surface area contributed by atoms with Gasteiger partial charge in [0, 0.05) is 0 Å². The first-order chi connectivity index (χ1) is 5.56.